The van der Waals surface area contributed by atoms with Crippen molar-refractivity contribution in [2.24, 2.45) is 0 Å². The standard InChI is InChI=1S/C10H13NO/c1-3-5-7-9-10(6-4-2)12-8-11-9/h4-8H,3H2,1-2H3/b6-4-,7-5-. The largest absolute Gasteiger partial charge is 0.443 e. The Balaban J connectivity index is 2.83. The second-order valence-corrected chi connectivity index (χ2v) is 2.41. The molecule has 0 aliphatic carbocycles. The van der Waals surface area contributed by atoms with E-state index in [-0.39, 0.29) is 0 Å². The van der Waals surface area contributed by atoms with Crippen LogP contribution in [0.1, 0.15) is 31.7 Å². The quantitative estimate of drug-likeness (QED) is 0.684. The van der Waals surface area contributed by atoms with Crippen molar-refractivity contribution in [1.82, 2.24) is 4.98 Å². The number of hydrogen-bond acceptors (Lipinski definition) is 2. The lowest BCUT2D eigenvalue weighted by atomic mass is 10.3. The summed E-state index contributed by atoms with van der Waals surface area (Å²) in [6.45, 7) is 4.04. The van der Waals surface area contributed by atoms with Gasteiger partial charge in [-0.3, -0.25) is 0 Å². The molecule has 0 spiro atoms. The molecule has 0 amide bonds. The van der Waals surface area contributed by atoms with E-state index in [1.54, 1.807) is 0 Å². The minimum atomic E-state index is 0.821. The highest BCUT2D eigenvalue weighted by atomic mass is 16.3. The van der Waals surface area contributed by atoms with E-state index in [9.17, 15) is 0 Å². The second kappa shape index (κ2) is 4.54. The van der Waals surface area contributed by atoms with Crippen LogP contribution < -0.4 is 0 Å². The molecular formula is C10H13NO. The third kappa shape index (κ3) is 2.09. The minimum Gasteiger partial charge on any atom is -0.443 e. The zero-order valence-electron chi connectivity index (χ0n) is 7.45. The van der Waals surface area contributed by atoms with E-state index in [0.717, 1.165) is 17.9 Å². The molecule has 64 valence electrons. The summed E-state index contributed by atoms with van der Waals surface area (Å²) in [6.07, 6.45) is 10.3. The van der Waals surface area contributed by atoms with Crippen LogP contribution in [0, 0.1) is 0 Å². The lowest BCUT2D eigenvalue weighted by Gasteiger charge is -1.86. The van der Waals surface area contributed by atoms with E-state index >= 15 is 0 Å². The van der Waals surface area contributed by atoms with Crippen LogP contribution in [0.3, 0.4) is 0 Å². The molecule has 1 rings (SSSR count). The van der Waals surface area contributed by atoms with Gasteiger partial charge in [-0.05, 0) is 25.5 Å². The first-order valence-corrected chi connectivity index (χ1v) is 4.11. The molecule has 1 aromatic heterocycles. The van der Waals surface area contributed by atoms with Gasteiger partial charge < -0.3 is 4.42 Å². The molecule has 0 atom stereocenters. The first-order valence-electron chi connectivity index (χ1n) is 4.11. The maximum absolute atomic E-state index is 5.15. The smallest absolute Gasteiger partial charge is 0.181 e. The van der Waals surface area contributed by atoms with E-state index < -0.39 is 0 Å². The third-order valence-corrected chi connectivity index (χ3v) is 1.45. The molecule has 0 saturated carbocycles. The molecule has 0 aliphatic heterocycles. The second-order valence-electron chi connectivity index (χ2n) is 2.41. The highest BCUT2D eigenvalue weighted by Crippen LogP contribution is 2.10. The fourth-order valence-electron chi connectivity index (χ4n) is 0.895. The van der Waals surface area contributed by atoms with Crippen LogP contribution in [-0.2, 0) is 0 Å². The first-order chi connectivity index (χ1) is 5.88. The van der Waals surface area contributed by atoms with Crippen LogP contribution >= 0.6 is 0 Å². The Hall–Kier alpha value is -1.31. The zero-order chi connectivity index (χ0) is 8.81. The van der Waals surface area contributed by atoms with E-state index in [4.69, 9.17) is 4.42 Å². The van der Waals surface area contributed by atoms with Crippen molar-refractivity contribution < 1.29 is 4.42 Å². The summed E-state index contributed by atoms with van der Waals surface area (Å²) in [5, 5.41) is 0. The van der Waals surface area contributed by atoms with E-state index in [0.29, 0.717) is 0 Å². The number of oxazole rings is 1. The van der Waals surface area contributed by atoms with Crippen molar-refractivity contribution in [2.45, 2.75) is 20.3 Å². The Morgan fingerprint density at radius 3 is 3.00 bits per heavy atom. The van der Waals surface area contributed by atoms with Crippen LogP contribution in [0.5, 0.6) is 0 Å². The normalized spacial score (nSPS) is 11.8. The summed E-state index contributed by atoms with van der Waals surface area (Å²) < 4.78 is 5.15. The maximum atomic E-state index is 5.15. The molecule has 0 aromatic carbocycles. The highest BCUT2D eigenvalue weighted by molar-refractivity contribution is 5.57. The SMILES string of the molecule is C/C=C\c1ocnc1/C=C\CC. The van der Waals surface area contributed by atoms with Gasteiger partial charge in [0.15, 0.2) is 12.2 Å². The van der Waals surface area contributed by atoms with Crippen LogP contribution in [0.25, 0.3) is 12.2 Å². The number of allylic oxidation sites excluding steroid dienone is 2. The number of aromatic nitrogens is 1. The predicted molar refractivity (Wildman–Crippen MR) is 50.5 cm³/mol. The molecule has 0 saturated heterocycles. The monoisotopic (exact) mass is 163 g/mol. The molecular weight excluding hydrogens is 150 g/mol. The van der Waals surface area contributed by atoms with Gasteiger partial charge in [0, 0.05) is 0 Å². The maximum Gasteiger partial charge on any atom is 0.181 e. The number of rotatable bonds is 3. The Kier molecular flexibility index (Phi) is 3.33. The van der Waals surface area contributed by atoms with Gasteiger partial charge in [-0.1, -0.05) is 19.1 Å². The van der Waals surface area contributed by atoms with Crippen molar-refractivity contribution in [3.05, 3.63) is 30.0 Å². The fraction of sp³-hybridized carbons (Fsp3) is 0.300. The minimum absolute atomic E-state index is 0.821. The zero-order valence-corrected chi connectivity index (χ0v) is 7.45. The van der Waals surface area contributed by atoms with E-state index in [2.05, 4.69) is 18.0 Å². The van der Waals surface area contributed by atoms with Gasteiger partial charge in [-0.25, -0.2) is 4.98 Å². The molecule has 0 aliphatic rings. The summed E-state index contributed by atoms with van der Waals surface area (Å²) in [7, 11) is 0. The average Bonchev–Trinajstić information content (AvgIpc) is 2.50. The molecule has 0 bridgehead atoms. The molecule has 0 fully saturated rings. The van der Waals surface area contributed by atoms with Crippen LogP contribution in [0.2, 0.25) is 0 Å². The molecule has 1 aromatic rings. The molecule has 0 radical (unpaired) electrons. The van der Waals surface area contributed by atoms with Gasteiger partial charge in [0.05, 0.1) is 0 Å². The Morgan fingerprint density at radius 2 is 2.33 bits per heavy atom. The van der Waals surface area contributed by atoms with Crippen molar-refractivity contribution in [3.8, 4) is 0 Å². The Labute approximate surface area is 72.6 Å². The van der Waals surface area contributed by atoms with Gasteiger partial charge >= 0.3 is 0 Å². The van der Waals surface area contributed by atoms with E-state index in [1.807, 2.05) is 25.2 Å². The summed E-state index contributed by atoms with van der Waals surface area (Å²) >= 11 is 0. The third-order valence-electron chi connectivity index (χ3n) is 1.45. The summed E-state index contributed by atoms with van der Waals surface area (Å²) in [6, 6.07) is 0. The summed E-state index contributed by atoms with van der Waals surface area (Å²) in [5.74, 6) is 0.821. The first kappa shape index (κ1) is 8.78. The van der Waals surface area contributed by atoms with Gasteiger partial charge in [0.1, 0.15) is 5.69 Å². The van der Waals surface area contributed by atoms with Gasteiger partial charge in [0.25, 0.3) is 0 Å². The van der Waals surface area contributed by atoms with Crippen molar-refractivity contribution >= 4 is 12.2 Å². The summed E-state index contributed by atoms with van der Waals surface area (Å²) in [4.78, 5) is 4.07. The molecule has 2 heteroatoms. The lowest BCUT2D eigenvalue weighted by molar-refractivity contribution is 0.548. The van der Waals surface area contributed by atoms with Gasteiger partial charge in [0.2, 0.25) is 0 Å². The number of hydrogen-bond donors (Lipinski definition) is 0. The van der Waals surface area contributed by atoms with E-state index in [1.165, 1.54) is 6.39 Å². The molecule has 0 unspecified atom stereocenters. The van der Waals surface area contributed by atoms with Crippen LogP contribution in [0.15, 0.2) is 23.0 Å². The van der Waals surface area contributed by atoms with Crippen molar-refractivity contribution in [2.75, 3.05) is 0 Å². The molecule has 0 N–H and O–H groups in total. The molecule has 2 nitrogen and oxygen atoms in total. The fourth-order valence-corrected chi connectivity index (χ4v) is 0.895. The average molecular weight is 163 g/mol. The van der Waals surface area contributed by atoms with Gasteiger partial charge in [-0.15, -0.1) is 0 Å². The topological polar surface area (TPSA) is 26.0 Å². The van der Waals surface area contributed by atoms with Crippen molar-refractivity contribution in [1.29, 1.82) is 0 Å². The molecule has 12 heavy (non-hydrogen) atoms. The van der Waals surface area contributed by atoms with Crippen molar-refractivity contribution in [3.63, 3.8) is 0 Å². The van der Waals surface area contributed by atoms with Crippen LogP contribution in [-0.4, -0.2) is 4.98 Å². The van der Waals surface area contributed by atoms with Gasteiger partial charge in [-0.2, -0.15) is 0 Å². The highest BCUT2D eigenvalue weighted by Gasteiger charge is 1.98. The predicted octanol–water partition coefficient (Wildman–Crippen LogP) is 3.13. The number of nitrogens with zero attached hydrogens (tertiary/aromatic N) is 1. The Bertz CT molecular complexity index is 284. The lowest BCUT2D eigenvalue weighted by Crippen LogP contribution is -1.73. The summed E-state index contributed by atoms with van der Waals surface area (Å²) in [5.41, 5.74) is 0.898. The van der Waals surface area contributed by atoms with Crippen LogP contribution in [0.4, 0.5) is 0 Å². The molecule has 1 heterocycles. The Morgan fingerprint density at radius 1 is 1.50 bits per heavy atom.